The van der Waals surface area contributed by atoms with Crippen molar-refractivity contribution >= 4 is 15.9 Å². The molecule has 2 atom stereocenters. The molecule has 118 valence electrons. The molecule has 0 aromatic heterocycles. The van der Waals surface area contributed by atoms with Gasteiger partial charge in [0.2, 0.25) is 0 Å². The zero-order chi connectivity index (χ0) is 15.2. The van der Waals surface area contributed by atoms with Gasteiger partial charge in [-0.2, -0.15) is 0 Å². The van der Waals surface area contributed by atoms with Crippen molar-refractivity contribution in [1.29, 1.82) is 0 Å². The van der Waals surface area contributed by atoms with Gasteiger partial charge in [0, 0.05) is 36.2 Å². The minimum absolute atomic E-state index is 0.610. The van der Waals surface area contributed by atoms with Crippen LogP contribution >= 0.6 is 15.9 Å². The van der Waals surface area contributed by atoms with E-state index >= 15 is 0 Å². The molecule has 2 unspecified atom stereocenters. The van der Waals surface area contributed by atoms with Gasteiger partial charge in [-0.25, -0.2) is 0 Å². The maximum Gasteiger partial charge on any atom is 0.120 e. The summed E-state index contributed by atoms with van der Waals surface area (Å²) in [7, 11) is 0. The monoisotopic (exact) mass is 354 g/mol. The van der Waals surface area contributed by atoms with Crippen molar-refractivity contribution < 1.29 is 4.74 Å². The van der Waals surface area contributed by atoms with Crippen molar-refractivity contribution in [3.05, 3.63) is 28.7 Å². The van der Waals surface area contributed by atoms with E-state index in [1.807, 2.05) is 24.3 Å². The lowest BCUT2D eigenvalue weighted by Gasteiger charge is -2.42. The smallest absolute Gasteiger partial charge is 0.120 e. The molecule has 1 aromatic carbocycles. The summed E-state index contributed by atoms with van der Waals surface area (Å²) in [5.74, 6) is 1.61. The summed E-state index contributed by atoms with van der Waals surface area (Å²) in [4.78, 5) is 2.59. The van der Waals surface area contributed by atoms with Crippen molar-refractivity contribution in [1.82, 2.24) is 10.2 Å². The molecule has 2 rings (SSSR count). The Kier molecular flexibility index (Phi) is 6.52. The van der Waals surface area contributed by atoms with Crippen molar-refractivity contribution in [2.24, 2.45) is 5.92 Å². The molecule has 1 aromatic rings. The predicted octanol–water partition coefficient (Wildman–Crippen LogP) is 3.54. The van der Waals surface area contributed by atoms with Gasteiger partial charge in [-0.15, -0.1) is 0 Å². The van der Waals surface area contributed by atoms with Crippen LogP contribution in [-0.4, -0.2) is 43.2 Å². The van der Waals surface area contributed by atoms with Gasteiger partial charge in [0.15, 0.2) is 0 Å². The maximum absolute atomic E-state index is 5.89. The third-order valence-corrected chi connectivity index (χ3v) is 4.74. The first-order chi connectivity index (χ1) is 10.1. The van der Waals surface area contributed by atoms with E-state index in [2.05, 4.69) is 46.9 Å². The van der Waals surface area contributed by atoms with E-state index in [1.54, 1.807) is 0 Å². The van der Waals surface area contributed by atoms with Crippen LogP contribution in [0.15, 0.2) is 28.7 Å². The highest BCUT2D eigenvalue weighted by Gasteiger charge is 2.28. The highest BCUT2D eigenvalue weighted by atomic mass is 79.9. The largest absolute Gasteiger partial charge is 0.492 e. The second-order valence-corrected chi connectivity index (χ2v) is 7.04. The number of ether oxygens (including phenoxy) is 1. The summed E-state index contributed by atoms with van der Waals surface area (Å²) in [5.41, 5.74) is 0. The molecule has 0 bridgehead atoms. The molecule has 3 nitrogen and oxygen atoms in total. The molecule has 1 N–H and O–H groups in total. The minimum atomic E-state index is 0.610. The van der Waals surface area contributed by atoms with Crippen molar-refractivity contribution in [2.45, 2.75) is 39.3 Å². The highest BCUT2D eigenvalue weighted by molar-refractivity contribution is 9.10. The Labute approximate surface area is 137 Å². The van der Waals surface area contributed by atoms with E-state index in [1.165, 1.54) is 6.42 Å². The van der Waals surface area contributed by atoms with E-state index < -0.39 is 0 Å². The summed E-state index contributed by atoms with van der Waals surface area (Å²) < 4.78 is 6.96. The van der Waals surface area contributed by atoms with Gasteiger partial charge in [0.25, 0.3) is 0 Å². The van der Waals surface area contributed by atoms with Crippen LogP contribution in [0.4, 0.5) is 0 Å². The van der Waals surface area contributed by atoms with Crippen LogP contribution in [0.2, 0.25) is 0 Å². The average Bonchev–Trinajstić information content (AvgIpc) is 2.47. The number of rotatable bonds is 6. The number of hydrogen-bond donors (Lipinski definition) is 1. The van der Waals surface area contributed by atoms with Crippen molar-refractivity contribution in [3.8, 4) is 5.75 Å². The Balaban J connectivity index is 1.86. The second kappa shape index (κ2) is 8.16. The Bertz CT molecular complexity index is 439. The molecule has 21 heavy (non-hydrogen) atoms. The zero-order valence-corrected chi connectivity index (χ0v) is 14.9. The number of nitrogens with one attached hydrogen (secondary N) is 1. The third-order valence-electron chi connectivity index (χ3n) is 4.25. The van der Waals surface area contributed by atoms with E-state index in [-0.39, 0.29) is 0 Å². The van der Waals surface area contributed by atoms with E-state index in [9.17, 15) is 0 Å². The lowest BCUT2D eigenvalue weighted by atomic mass is 9.98. The predicted molar refractivity (Wildman–Crippen MR) is 91.9 cm³/mol. The minimum Gasteiger partial charge on any atom is -0.492 e. The van der Waals surface area contributed by atoms with E-state index in [0.717, 1.165) is 36.5 Å². The van der Waals surface area contributed by atoms with E-state index in [4.69, 9.17) is 4.74 Å². The summed E-state index contributed by atoms with van der Waals surface area (Å²) in [6.45, 7) is 10.8. The number of halogens is 1. The Morgan fingerprint density at radius 2 is 2.24 bits per heavy atom. The second-order valence-electron chi connectivity index (χ2n) is 6.13. The molecular formula is C17H27BrN2O. The zero-order valence-electron chi connectivity index (χ0n) is 13.3. The fourth-order valence-corrected chi connectivity index (χ4v) is 3.30. The maximum atomic E-state index is 5.89. The molecular weight excluding hydrogens is 328 g/mol. The summed E-state index contributed by atoms with van der Waals surface area (Å²) in [6.07, 6.45) is 1.19. The average molecular weight is 355 g/mol. The topological polar surface area (TPSA) is 24.5 Å². The number of nitrogens with zero attached hydrogens (tertiary/aromatic N) is 1. The lowest BCUT2D eigenvalue weighted by Crippen LogP contribution is -2.58. The van der Waals surface area contributed by atoms with Gasteiger partial charge in [-0.1, -0.05) is 42.8 Å². The number of hydrogen-bond acceptors (Lipinski definition) is 3. The Hall–Kier alpha value is -0.580. The standard InChI is InChI=1S/C17H27BrN2O/c1-4-15-12-20(17(11-19-15)13(2)3)8-9-21-16-7-5-6-14(18)10-16/h5-7,10,13,15,17,19H,4,8-9,11-12H2,1-3H3. The molecule has 1 aliphatic heterocycles. The fourth-order valence-electron chi connectivity index (χ4n) is 2.92. The highest BCUT2D eigenvalue weighted by Crippen LogP contribution is 2.19. The first-order valence-electron chi connectivity index (χ1n) is 7.96. The molecule has 0 amide bonds. The Morgan fingerprint density at radius 1 is 1.43 bits per heavy atom. The Morgan fingerprint density at radius 3 is 2.90 bits per heavy atom. The molecule has 1 heterocycles. The van der Waals surface area contributed by atoms with Crippen LogP contribution < -0.4 is 10.1 Å². The van der Waals surface area contributed by atoms with Gasteiger partial charge in [0.1, 0.15) is 12.4 Å². The number of benzene rings is 1. The summed E-state index contributed by atoms with van der Waals surface area (Å²) in [6, 6.07) is 9.28. The molecule has 0 radical (unpaired) electrons. The van der Waals surface area contributed by atoms with Crippen LogP contribution in [-0.2, 0) is 0 Å². The molecule has 0 saturated carbocycles. The molecule has 1 aliphatic rings. The summed E-state index contributed by atoms with van der Waals surface area (Å²) in [5, 5.41) is 3.66. The lowest BCUT2D eigenvalue weighted by molar-refractivity contribution is 0.0816. The first kappa shape index (κ1) is 16.8. The van der Waals surface area contributed by atoms with Crippen LogP contribution in [0.25, 0.3) is 0 Å². The molecule has 1 fully saturated rings. The van der Waals surface area contributed by atoms with Crippen molar-refractivity contribution in [3.63, 3.8) is 0 Å². The van der Waals surface area contributed by atoms with Gasteiger partial charge in [0.05, 0.1) is 0 Å². The number of piperazine rings is 1. The van der Waals surface area contributed by atoms with Gasteiger partial charge < -0.3 is 10.1 Å². The van der Waals surface area contributed by atoms with Crippen LogP contribution in [0.3, 0.4) is 0 Å². The first-order valence-corrected chi connectivity index (χ1v) is 8.75. The molecule has 1 saturated heterocycles. The quantitative estimate of drug-likeness (QED) is 0.845. The van der Waals surface area contributed by atoms with Gasteiger partial charge in [-0.05, 0) is 30.5 Å². The van der Waals surface area contributed by atoms with Gasteiger partial charge >= 0.3 is 0 Å². The van der Waals surface area contributed by atoms with Crippen molar-refractivity contribution in [2.75, 3.05) is 26.2 Å². The molecule has 4 heteroatoms. The van der Waals surface area contributed by atoms with Crippen LogP contribution in [0.5, 0.6) is 5.75 Å². The van der Waals surface area contributed by atoms with Crippen LogP contribution in [0.1, 0.15) is 27.2 Å². The third kappa shape index (κ3) is 4.97. The normalized spacial score (nSPS) is 23.5. The van der Waals surface area contributed by atoms with E-state index in [0.29, 0.717) is 18.0 Å². The molecule has 0 spiro atoms. The molecule has 0 aliphatic carbocycles. The summed E-state index contributed by atoms with van der Waals surface area (Å²) >= 11 is 3.48. The van der Waals surface area contributed by atoms with Crippen LogP contribution in [0, 0.1) is 5.92 Å². The SMILES string of the molecule is CCC1CN(CCOc2cccc(Br)c2)C(C(C)C)CN1. The fraction of sp³-hybridized carbons (Fsp3) is 0.647. The van der Waals surface area contributed by atoms with Gasteiger partial charge in [-0.3, -0.25) is 4.90 Å².